The van der Waals surface area contributed by atoms with Crippen molar-refractivity contribution in [1.29, 1.82) is 0 Å². The minimum atomic E-state index is -1.16. The van der Waals surface area contributed by atoms with Crippen LogP contribution in [-0.4, -0.2) is 11.1 Å². The first-order valence-electron chi connectivity index (χ1n) is 5.85. The molecule has 0 atom stereocenters. The molecular weight excluding hydrogens is 245 g/mol. The summed E-state index contributed by atoms with van der Waals surface area (Å²) < 4.78 is 13.1. The molecule has 0 aliphatic rings. The Hall–Kier alpha value is -2.36. The molecule has 2 aromatic carbocycles. The topological polar surface area (TPSA) is 49.3 Å². The molecule has 3 nitrogen and oxygen atoms in total. The molecule has 0 aliphatic carbocycles. The van der Waals surface area contributed by atoms with Gasteiger partial charge < -0.3 is 10.4 Å². The van der Waals surface area contributed by atoms with E-state index in [2.05, 4.69) is 5.32 Å². The van der Waals surface area contributed by atoms with Crippen LogP contribution in [0.1, 0.15) is 21.5 Å². The van der Waals surface area contributed by atoms with Crippen LogP contribution in [0.3, 0.4) is 0 Å². The smallest absolute Gasteiger partial charge is 0.337 e. The summed E-state index contributed by atoms with van der Waals surface area (Å²) in [5.74, 6) is -1.72. The van der Waals surface area contributed by atoms with Crippen molar-refractivity contribution in [2.24, 2.45) is 0 Å². The third-order valence-corrected chi connectivity index (χ3v) is 2.95. The van der Waals surface area contributed by atoms with E-state index in [-0.39, 0.29) is 5.56 Å². The van der Waals surface area contributed by atoms with Gasteiger partial charge in [0.2, 0.25) is 0 Å². The van der Waals surface area contributed by atoms with Crippen molar-refractivity contribution in [2.75, 3.05) is 5.32 Å². The first-order chi connectivity index (χ1) is 8.99. The van der Waals surface area contributed by atoms with E-state index in [1.54, 1.807) is 0 Å². The van der Waals surface area contributed by atoms with Crippen LogP contribution in [-0.2, 0) is 0 Å². The number of carboxylic acids is 1. The highest BCUT2D eigenvalue weighted by molar-refractivity contribution is 5.95. The lowest BCUT2D eigenvalue weighted by molar-refractivity contribution is 0.0697. The molecule has 2 aromatic rings. The number of anilines is 2. The number of para-hydroxylation sites is 1. The van der Waals surface area contributed by atoms with Gasteiger partial charge in [0.1, 0.15) is 5.82 Å². The van der Waals surface area contributed by atoms with Gasteiger partial charge in [0, 0.05) is 5.69 Å². The zero-order valence-electron chi connectivity index (χ0n) is 10.7. The van der Waals surface area contributed by atoms with Crippen molar-refractivity contribution in [1.82, 2.24) is 0 Å². The second-order valence-electron chi connectivity index (χ2n) is 4.39. The summed E-state index contributed by atoms with van der Waals surface area (Å²) in [5, 5.41) is 12.2. The molecule has 0 bridgehead atoms. The largest absolute Gasteiger partial charge is 0.478 e. The summed E-state index contributed by atoms with van der Waals surface area (Å²) in [6.07, 6.45) is 0. The van der Waals surface area contributed by atoms with Crippen LogP contribution in [0.25, 0.3) is 0 Å². The average molecular weight is 259 g/mol. The van der Waals surface area contributed by atoms with Crippen molar-refractivity contribution in [3.05, 3.63) is 58.9 Å². The fourth-order valence-corrected chi connectivity index (χ4v) is 1.95. The van der Waals surface area contributed by atoms with Gasteiger partial charge in [0.15, 0.2) is 0 Å². The van der Waals surface area contributed by atoms with Crippen LogP contribution in [0, 0.1) is 19.7 Å². The molecule has 0 saturated carbocycles. The fourth-order valence-electron chi connectivity index (χ4n) is 1.95. The van der Waals surface area contributed by atoms with Crippen LogP contribution in [0.15, 0.2) is 36.4 Å². The lowest BCUT2D eigenvalue weighted by Crippen LogP contribution is -2.05. The molecule has 0 unspecified atom stereocenters. The predicted molar refractivity (Wildman–Crippen MR) is 72.6 cm³/mol. The van der Waals surface area contributed by atoms with E-state index in [1.807, 2.05) is 32.0 Å². The van der Waals surface area contributed by atoms with Crippen LogP contribution < -0.4 is 5.32 Å². The van der Waals surface area contributed by atoms with Crippen LogP contribution in [0.5, 0.6) is 0 Å². The maximum atomic E-state index is 13.1. The number of carbonyl (C=O) groups is 1. The number of aryl methyl sites for hydroxylation is 2. The highest BCUT2D eigenvalue weighted by Crippen LogP contribution is 2.27. The van der Waals surface area contributed by atoms with Gasteiger partial charge in [-0.3, -0.25) is 0 Å². The van der Waals surface area contributed by atoms with E-state index in [1.165, 1.54) is 12.1 Å². The molecule has 0 radical (unpaired) electrons. The van der Waals surface area contributed by atoms with Gasteiger partial charge in [-0.2, -0.15) is 0 Å². The molecular formula is C15H14FNO2. The second-order valence-corrected chi connectivity index (χ2v) is 4.39. The number of rotatable bonds is 3. The molecule has 0 aliphatic heterocycles. The van der Waals surface area contributed by atoms with Gasteiger partial charge in [0.25, 0.3) is 0 Å². The predicted octanol–water partition coefficient (Wildman–Crippen LogP) is 3.88. The average Bonchev–Trinajstić information content (AvgIpc) is 2.35. The molecule has 0 fully saturated rings. The molecule has 0 spiro atoms. The maximum absolute atomic E-state index is 13.1. The second kappa shape index (κ2) is 5.10. The summed E-state index contributed by atoms with van der Waals surface area (Å²) in [6.45, 7) is 3.86. The van der Waals surface area contributed by atoms with E-state index in [9.17, 15) is 9.18 Å². The van der Waals surface area contributed by atoms with Gasteiger partial charge in [-0.15, -0.1) is 0 Å². The van der Waals surface area contributed by atoms with Gasteiger partial charge in [-0.1, -0.05) is 18.2 Å². The molecule has 2 rings (SSSR count). The Morgan fingerprint density at radius 1 is 1.16 bits per heavy atom. The Balaban J connectivity index is 2.47. The van der Waals surface area contributed by atoms with Crippen molar-refractivity contribution in [2.45, 2.75) is 13.8 Å². The Kier molecular flexibility index (Phi) is 3.51. The van der Waals surface area contributed by atoms with E-state index in [0.717, 1.165) is 22.9 Å². The van der Waals surface area contributed by atoms with Crippen molar-refractivity contribution in [3.8, 4) is 0 Å². The molecule has 2 N–H and O–H groups in total. The number of hydrogen-bond acceptors (Lipinski definition) is 2. The Morgan fingerprint density at radius 2 is 1.79 bits per heavy atom. The summed E-state index contributed by atoms with van der Waals surface area (Å²) >= 11 is 0. The highest BCUT2D eigenvalue weighted by Gasteiger charge is 2.12. The van der Waals surface area contributed by atoms with Gasteiger partial charge >= 0.3 is 5.97 Å². The molecule has 0 amide bonds. The molecule has 0 heterocycles. The monoisotopic (exact) mass is 259 g/mol. The van der Waals surface area contributed by atoms with E-state index < -0.39 is 11.8 Å². The number of nitrogens with one attached hydrogen (secondary N) is 1. The lowest BCUT2D eigenvalue weighted by Gasteiger charge is -2.14. The minimum Gasteiger partial charge on any atom is -0.478 e. The highest BCUT2D eigenvalue weighted by atomic mass is 19.1. The third kappa shape index (κ3) is 2.73. The van der Waals surface area contributed by atoms with Crippen LogP contribution >= 0.6 is 0 Å². The first-order valence-corrected chi connectivity index (χ1v) is 5.85. The number of aromatic carboxylic acids is 1. The van der Waals surface area contributed by atoms with Crippen LogP contribution in [0.4, 0.5) is 15.8 Å². The lowest BCUT2D eigenvalue weighted by atomic mass is 10.1. The molecule has 4 heteroatoms. The van der Waals surface area contributed by atoms with Crippen LogP contribution in [0.2, 0.25) is 0 Å². The summed E-state index contributed by atoms with van der Waals surface area (Å²) in [6, 6.07) is 9.47. The van der Waals surface area contributed by atoms with Gasteiger partial charge in [0.05, 0.1) is 11.3 Å². The van der Waals surface area contributed by atoms with E-state index >= 15 is 0 Å². The molecule has 19 heavy (non-hydrogen) atoms. The SMILES string of the molecule is Cc1cccc(C)c1Nc1ccc(F)cc1C(=O)O. The number of hydrogen-bond donors (Lipinski definition) is 2. The first kappa shape index (κ1) is 13.1. The third-order valence-electron chi connectivity index (χ3n) is 2.95. The zero-order valence-corrected chi connectivity index (χ0v) is 10.7. The fraction of sp³-hybridized carbons (Fsp3) is 0.133. The molecule has 0 saturated heterocycles. The minimum absolute atomic E-state index is 0.0809. The van der Waals surface area contributed by atoms with Crippen molar-refractivity contribution >= 4 is 17.3 Å². The Bertz CT molecular complexity index is 618. The Labute approximate surface area is 110 Å². The van der Waals surface area contributed by atoms with E-state index in [4.69, 9.17) is 5.11 Å². The number of benzene rings is 2. The standard InChI is InChI=1S/C15H14FNO2/c1-9-4-3-5-10(2)14(9)17-13-7-6-11(16)8-12(13)15(18)19/h3-8,17H,1-2H3,(H,18,19). The molecule has 98 valence electrons. The molecule has 0 aromatic heterocycles. The number of carboxylic acid groups (broad SMARTS) is 1. The van der Waals surface area contributed by atoms with Gasteiger partial charge in [-0.25, -0.2) is 9.18 Å². The number of halogens is 1. The van der Waals surface area contributed by atoms with Crippen molar-refractivity contribution < 1.29 is 14.3 Å². The van der Waals surface area contributed by atoms with Crippen molar-refractivity contribution in [3.63, 3.8) is 0 Å². The Morgan fingerprint density at radius 3 is 2.37 bits per heavy atom. The maximum Gasteiger partial charge on any atom is 0.337 e. The zero-order chi connectivity index (χ0) is 14.0. The normalized spacial score (nSPS) is 10.3. The quantitative estimate of drug-likeness (QED) is 0.879. The summed E-state index contributed by atoms with van der Waals surface area (Å²) in [5.41, 5.74) is 3.15. The van der Waals surface area contributed by atoms with E-state index in [0.29, 0.717) is 5.69 Å². The summed E-state index contributed by atoms with van der Waals surface area (Å²) in [4.78, 5) is 11.1. The van der Waals surface area contributed by atoms with Gasteiger partial charge in [-0.05, 0) is 43.2 Å². The summed E-state index contributed by atoms with van der Waals surface area (Å²) in [7, 11) is 0.